The van der Waals surface area contributed by atoms with Crippen molar-refractivity contribution in [1.29, 1.82) is 0 Å². The summed E-state index contributed by atoms with van der Waals surface area (Å²) in [4.78, 5) is 13.8. The smallest absolute Gasteiger partial charge is 0.322 e. The van der Waals surface area contributed by atoms with Crippen LogP contribution in [0.25, 0.3) is 0 Å². The lowest BCUT2D eigenvalue weighted by Crippen LogP contribution is -2.45. The molecule has 0 aromatic carbocycles. The Kier molecular flexibility index (Phi) is 6.52. The van der Waals surface area contributed by atoms with Crippen molar-refractivity contribution in [3.05, 3.63) is 0 Å². The Balaban J connectivity index is 2.48. The van der Waals surface area contributed by atoms with Crippen molar-refractivity contribution in [3.63, 3.8) is 0 Å². The molecule has 1 heterocycles. The van der Waals surface area contributed by atoms with E-state index in [1.807, 2.05) is 6.92 Å². The molecule has 0 aromatic rings. The van der Waals surface area contributed by atoms with E-state index in [1.54, 1.807) is 0 Å². The minimum absolute atomic E-state index is 0.123. The Labute approximate surface area is 105 Å². The summed E-state index contributed by atoms with van der Waals surface area (Å²) in [6, 6.07) is -0.123. The molecule has 1 saturated heterocycles. The van der Waals surface area contributed by atoms with Gasteiger partial charge in [0, 0.05) is 6.54 Å². The number of esters is 1. The average molecular weight is 242 g/mol. The fraction of sp³-hybridized carbons (Fsp3) is 0.923. The molecule has 0 amide bonds. The number of carbonyl (C=O) groups is 1. The SMILES string of the molecule is CCCN(CC1CCCNC1)C(C)C(=O)OC. The highest BCUT2D eigenvalue weighted by Crippen LogP contribution is 2.14. The van der Waals surface area contributed by atoms with E-state index in [0.717, 1.165) is 32.6 Å². The van der Waals surface area contributed by atoms with Crippen LogP contribution >= 0.6 is 0 Å². The van der Waals surface area contributed by atoms with Gasteiger partial charge in [-0.05, 0) is 51.7 Å². The van der Waals surface area contributed by atoms with Gasteiger partial charge in [-0.15, -0.1) is 0 Å². The summed E-state index contributed by atoms with van der Waals surface area (Å²) >= 11 is 0. The quantitative estimate of drug-likeness (QED) is 0.712. The van der Waals surface area contributed by atoms with Gasteiger partial charge >= 0.3 is 5.97 Å². The van der Waals surface area contributed by atoms with Crippen LogP contribution in [0.5, 0.6) is 0 Å². The van der Waals surface area contributed by atoms with Gasteiger partial charge < -0.3 is 10.1 Å². The molecule has 2 unspecified atom stereocenters. The van der Waals surface area contributed by atoms with Crippen molar-refractivity contribution in [2.75, 3.05) is 33.3 Å². The third kappa shape index (κ3) is 4.64. The van der Waals surface area contributed by atoms with Crippen LogP contribution in [0.1, 0.15) is 33.1 Å². The minimum atomic E-state index is -0.123. The van der Waals surface area contributed by atoms with E-state index in [0.29, 0.717) is 5.92 Å². The highest BCUT2D eigenvalue weighted by Gasteiger charge is 2.24. The van der Waals surface area contributed by atoms with Gasteiger partial charge in [0.05, 0.1) is 7.11 Å². The fourth-order valence-electron chi connectivity index (χ4n) is 2.46. The molecule has 0 saturated carbocycles. The van der Waals surface area contributed by atoms with Crippen molar-refractivity contribution >= 4 is 5.97 Å². The van der Waals surface area contributed by atoms with Crippen LogP contribution < -0.4 is 5.32 Å². The Morgan fingerprint density at radius 1 is 1.59 bits per heavy atom. The molecule has 1 fully saturated rings. The van der Waals surface area contributed by atoms with E-state index in [2.05, 4.69) is 17.1 Å². The Bertz CT molecular complexity index is 227. The molecule has 0 bridgehead atoms. The van der Waals surface area contributed by atoms with Crippen molar-refractivity contribution in [2.24, 2.45) is 5.92 Å². The predicted octanol–water partition coefficient (Wildman–Crippen LogP) is 1.26. The number of piperidine rings is 1. The van der Waals surface area contributed by atoms with Crippen LogP contribution in [-0.4, -0.2) is 50.2 Å². The lowest BCUT2D eigenvalue weighted by atomic mass is 9.98. The fourth-order valence-corrected chi connectivity index (χ4v) is 2.46. The Hall–Kier alpha value is -0.610. The predicted molar refractivity (Wildman–Crippen MR) is 68.9 cm³/mol. The van der Waals surface area contributed by atoms with Crippen LogP contribution in [-0.2, 0) is 9.53 Å². The van der Waals surface area contributed by atoms with Gasteiger partial charge in [0.15, 0.2) is 0 Å². The standard InChI is InChI=1S/C13H26N2O2/c1-4-8-15(11(2)13(16)17-3)10-12-6-5-7-14-9-12/h11-12,14H,4-10H2,1-3H3. The number of nitrogens with zero attached hydrogens (tertiary/aromatic N) is 1. The van der Waals surface area contributed by atoms with Crippen molar-refractivity contribution in [2.45, 2.75) is 39.2 Å². The molecule has 4 nitrogen and oxygen atoms in total. The number of nitrogens with one attached hydrogen (secondary N) is 1. The van der Waals surface area contributed by atoms with Crippen molar-refractivity contribution in [3.8, 4) is 0 Å². The molecule has 2 atom stereocenters. The van der Waals surface area contributed by atoms with E-state index in [1.165, 1.54) is 20.0 Å². The Morgan fingerprint density at radius 3 is 2.88 bits per heavy atom. The minimum Gasteiger partial charge on any atom is -0.468 e. The molecule has 0 radical (unpaired) electrons. The zero-order chi connectivity index (χ0) is 12.7. The van der Waals surface area contributed by atoms with Crippen molar-refractivity contribution < 1.29 is 9.53 Å². The van der Waals surface area contributed by atoms with Gasteiger partial charge in [0.25, 0.3) is 0 Å². The van der Waals surface area contributed by atoms with E-state index < -0.39 is 0 Å². The van der Waals surface area contributed by atoms with Crippen LogP contribution in [0.4, 0.5) is 0 Å². The monoisotopic (exact) mass is 242 g/mol. The summed E-state index contributed by atoms with van der Waals surface area (Å²) in [5.74, 6) is 0.546. The lowest BCUT2D eigenvalue weighted by molar-refractivity contribution is -0.146. The molecule has 0 aliphatic carbocycles. The van der Waals surface area contributed by atoms with Crippen LogP contribution in [0.15, 0.2) is 0 Å². The number of ether oxygens (including phenoxy) is 1. The zero-order valence-electron chi connectivity index (χ0n) is 11.4. The van der Waals surface area contributed by atoms with E-state index in [9.17, 15) is 4.79 Å². The summed E-state index contributed by atoms with van der Waals surface area (Å²) in [5, 5.41) is 3.42. The second-order valence-corrected chi connectivity index (χ2v) is 4.91. The second-order valence-electron chi connectivity index (χ2n) is 4.91. The van der Waals surface area contributed by atoms with Crippen LogP contribution in [0, 0.1) is 5.92 Å². The van der Waals surface area contributed by atoms with Gasteiger partial charge in [0.2, 0.25) is 0 Å². The van der Waals surface area contributed by atoms with E-state index >= 15 is 0 Å². The first-order valence-corrected chi connectivity index (χ1v) is 6.71. The zero-order valence-corrected chi connectivity index (χ0v) is 11.4. The highest BCUT2D eigenvalue weighted by molar-refractivity contribution is 5.75. The van der Waals surface area contributed by atoms with Gasteiger partial charge in [-0.3, -0.25) is 9.69 Å². The van der Waals surface area contributed by atoms with E-state index in [4.69, 9.17) is 4.74 Å². The molecular weight excluding hydrogens is 216 g/mol. The number of hydrogen-bond acceptors (Lipinski definition) is 4. The third-order valence-corrected chi connectivity index (χ3v) is 3.49. The van der Waals surface area contributed by atoms with Crippen LogP contribution in [0.3, 0.4) is 0 Å². The number of rotatable bonds is 6. The molecule has 0 aromatic heterocycles. The molecule has 0 spiro atoms. The number of methoxy groups -OCH3 is 1. The average Bonchev–Trinajstić information content (AvgIpc) is 2.37. The van der Waals surface area contributed by atoms with Gasteiger partial charge in [-0.1, -0.05) is 6.92 Å². The number of hydrogen-bond donors (Lipinski definition) is 1. The molecule has 1 N–H and O–H groups in total. The maximum Gasteiger partial charge on any atom is 0.322 e. The highest BCUT2D eigenvalue weighted by atomic mass is 16.5. The second kappa shape index (κ2) is 7.67. The third-order valence-electron chi connectivity index (χ3n) is 3.49. The first-order valence-electron chi connectivity index (χ1n) is 6.71. The van der Waals surface area contributed by atoms with Crippen molar-refractivity contribution in [1.82, 2.24) is 10.2 Å². The molecule has 17 heavy (non-hydrogen) atoms. The molecule has 1 rings (SSSR count). The molecule has 100 valence electrons. The van der Waals surface area contributed by atoms with Gasteiger partial charge in [-0.25, -0.2) is 0 Å². The molecular formula is C13H26N2O2. The van der Waals surface area contributed by atoms with E-state index in [-0.39, 0.29) is 12.0 Å². The number of carbonyl (C=O) groups excluding carboxylic acids is 1. The maximum atomic E-state index is 11.6. The lowest BCUT2D eigenvalue weighted by Gasteiger charge is -2.32. The summed E-state index contributed by atoms with van der Waals surface area (Å²) in [6.45, 7) is 8.27. The largest absolute Gasteiger partial charge is 0.468 e. The maximum absolute atomic E-state index is 11.6. The molecule has 1 aliphatic heterocycles. The topological polar surface area (TPSA) is 41.6 Å². The first-order chi connectivity index (χ1) is 8.19. The summed E-state index contributed by atoms with van der Waals surface area (Å²) in [6.07, 6.45) is 3.58. The summed E-state index contributed by atoms with van der Waals surface area (Å²) in [7, 11) is 1.46. The first kappa shape index (κ1) is 14.5. The van der Waals surface area contributed by atoms with Gasteiger partial charge in [0.1, 0.15) is 6.04 Å². The van der Waals surface area contributed by atoms with Crippen LogP contribution in [0.2, 0.25) is 0 Å². The molecule has 1 aliphatic rings. The summed E-state index contributed by atoms with van der Waals surface area (Å²) in [5.41, 5.74) is 0. The Morgan fingerprint density at radius 2 is 2.35 bits per heavy atom. The van der Waals surface area contributed by atoms with Gasteiger partial charge in [-0.2, -0.15) is 0 Å². The normalized spacial score (nSPS) is 22.5. The summed E-state index contributed by atoms with van der Waals surface area (Å²) < 4.78 is 4.83. The molecule has 4 heteroatoms.